The Bertz CT molecular complexity index is 465. The number of benzene rings is 1. The van der Waals surface area contributed by atoms with Gasteiger partial charge in [-0.3, -0.25) is 14.5 Å². The van der Waals surface area contributed by atoms with Crippen LogP contribution in [-0.4, -0.2) is 34.5 Å². The van der Waals surface area contributed by atoms with Crippen molar-refractivity contribution < 1.29 is 14.7 Å². The number of carbonyl (C=O) groups excluding carboxylic acids is 2. The van der Waals surface area contributed by atoms with E-state index in [1.807, 2.05) is 30.3 Å². The van der Waals surface area contributed by atoms with Gasteiger partial charge >= 0.3 is 0 Å². The van der Waals surface area contributed by atoms with E-state index in [-0.39, 0.29) is 30.3 Å². The van der Waals surface area contributed by atoms with Crippen LogP contribution in [-0.2, 0) is 16.0 Å². The third-order valence-electron chi connectivity index (χ3n) is 3.79. The van der Waals surface area contributed by atoms with Gasteiger partial charge in [0.2, 0.25) is 11.8 Å². The van der Waals surface area contributed by atoms with Gasteiger partial charge in [-0.15, -0.1) is 0 Å². The molecule has 1 aromatic carbocycles. The summed E-state index contributed by atoms with van der Waals surface area (Å²) in [6.45, 7) is -0.175. The molecule has 1 aliphatic heterocycles. The predicted molar refractivity (Wildman–Crippen MR) is 64.5 cm³/mol. The molecule has 1 saturated heterocycles. The molecule has 1 aliphatic carbocycles. The molecule has 3 rings (SSSR count). The summed E-state index contributed by atoms with van der Waals surface area (Å²) in [5.41, 5.74) is 1.03. The van der Waals surface area contributed by atoms with Crippen molar-refractivity contribution in [3.8, 4) is 0 Å². The molecule has 2 amide bonds. The van der Waals surface area contributed by atoms with Gasteiger partial charge < -0.3 is 5.11 Å². The molecule has 0 aromatic heterocycles. The lowest BCUT2D eigenvalue weighted by Crippen LogP contribution is -2.45. The van der Waals surface area contributed by atoms with Crippen molar-refractivity contribution in [2.75, 3.05) is 6.61 Å². The maximum Gasteiger partial charge on any atom is 0.233 e. The lowest BCUT2D eigenvalue weighted by atomic mass is 10.1. The number of fused-ring (bicyclic) bond motifs is 1. The average molecular weight is 245 g/mol. The van der Waals surface area contributed by atoms with Crippen LogP contribution in [0.2, 0.25) is 0 Å². The van der Waals surface area contributed by atoms with Gasteiger partial charge in [-0.25, -0.2) is 0 Å². The van der Waals surface area contributed by atoms with E-state index in [0.717, 1.165) is 5.56 Å². The summed E-state index contributed by atoms with van der Waals surface area (Å²) >= 11 is 0. The molecule has 1 N–H and O–H groups in total. The highest BCUT2D eigenvalue weighted by molar-refractivity contribution is 6.09. The molecule has 1 saturated carbocycles. The van der Waals surface area contributed by atoms with Crippen LogP contribution in [0.25, 0.3) is 0 Å². The Morgan fingerprint density at radius 2 is 1.78 bits per heavy atom. The first-order valence-corrected chi connectivity index (χ1v) is 6.24. The summed E-state index contributed by atoms with van der Waals surface area (Å²) in [6, 6.07) is 9.20. The van der Waals surface area contributed by atoms with E-state index in [2.05, 4.69) is 0 Å². The normalized spacial score (nSPS) is 27.3. The van der Waals surface area contributed by atoms with Gasteiger partial charge in [0, 0.05) is 0 Å². The fourth-order valence-corrected chi connectivity index (χ4v) is 2.69. The van der Waals surface area contributed by atoms with Gasteiger partial charge in [0.05, 0.1) is 24.5 Å². The van der Waals surface area contributed by atoms with E-state index in [9.17, 15) is 14.7 Å². The van der Waals surface area contributed by atoms with Crippen LogP contribution < -0.4 is 0 Å². The highest BCUT2D eigenvalue weighted by Crippen LogP contribution is 2.47. The van der Waals surface area contributed by atoms with Gasteiger partial charge in [-0.1, -0.05) is 30.3 Å². The van der Waals surface area contributed by atoms with Crippen molar-refractivity contribution in [1.82, 2.24) is 4.90 Å². The van der Waals surface area contributed by atoms with Crippen molar-refractivity contribution >= 4 is 11.8 Å². The number of likely N-dealkylation sites (tertiary alicyclic amines) is 1. The first-order chi connectivity index (χ1) is 8.72. The first kappa shape index (κ1) is 11.4. The molecule has 0 bridgehead atoms. The minimum atomic E-state index is -0.416. The lowest BCUT2D eigenvalue weighted by molar-refractivity contribution is -0.145. The highest BCUT2D eigenvalue weighted by atomic mass is 16.3. The Morgan fingerprint density at radius 3 is 2.33 bits per heavy atom. The maximum absolute atomic E-state index is 11.9. The smallest absolute Gasteiger partial charge is 0.233 e. The summed E-state index contributed by atoms with van der Waals surface area (Å²) in [7, 11) is 0. The van der Waals surface area contributed by atoms with Crippen molar-refractivity contribution in [3.63, 3.8) is 0 Å². The second kappa shape index (κ2) is 4.21. The number of nitrogens with zero attached hydrogens (tertiary/aromatic N) is 1. The zero-order valence-corrected chi connectivity index (χ0v) is 9.95. The fraction of sp³-hybridized carbons (Fsp3) is 0.429. The van der Waals surface area contributed by atoms with E-state index in [1.165, 1.54) is 4.90 Å². The van der Waals surface area contributed by atoms with Gasteiger partial charge in [0.25, 0.3) is 0 Å². The molecular formula is C14H15NO3. The zero-order valence-electron chi connectivity index (χ0n) is 9.95. The molecule has 1 aromatic rings. The van der Waals surface area contributed by atoms with Crippen molar-refractivity contribution in [1.29, 1.82) is 0 Å². The summed E-state index contributed by atoms with van der Waals surface area (Å²) in [6.07, 6.45) is 1.23. The van der Waals surface area contributed by atoms with E-state index in [4.69, 9.17) is 0 Å². The van der Waals surface area contributed by atoms with Crippen LogP contribution >= 0.6 is 0 Å². The first-order valence-electron chi connectivity index (χ1n) is 6.24. The second-order valence-electron chi connectivity index (χ2n) is 5.02. The molecule has 94 valence electrons. The largest absolute Gasteiger partial charge is 0.394 e. The fourth-order valence-electron chi connectivity index (χ4n) is 2.69. The molecule has 2 fully saturated rings. The molecule has 18 heavy (non-hydrogen) atoms. The minimum Gasteiger partial charge on any atom is -0.394 e. The number of carbonyl (C=O) groups is 2. The van der Waals surface area contributed by atoms with Crippen LogP contribution in [0.4, 0.5) is 0 Å². The van der Waals surface area contributed by atoms with Crippen LogP contribution in [0.3, 0.4) is 0 Å². The van der Waals surface area contributed by atoms with Crippen molar-refractivity contribution in [2.24, 2.45) is 11.8 Å². The third kappa shape index (κ3) is 1.73. The molecule has 4 heteroatoms. The number of hydrogen-bond acceptors (Lipinski definition) is 3. The van der Waals surface area contributed by atoms with Crippen LogP contribution in [0.5, 0.6) is 0 Å². The zero-order chi connectivity index (χ0) is 12.7. The van der Waals surface area contributed by atoms with Gasteiger partial charge in [0.15, 0.2) is 0 Å². The number of rotatable bonds is 4. The highest BCUT2D eigenvalue weighted by Gasteiger charge is 2.60. The van der Waals surface area contributed by atoms with Gasteiger partial charge in [-0.05, 0) is 18.4 Å². The Hall–Kier alpha value is -1.68. The summed E-state index contributed by atoms with van der Waals surface area (Å²) < 4.78 is 0. The topological polar surface area (TPSA) is 57.6 Å². The maximum atomic E-state index is 11.9. The third-order valence-corrected chi connectivity index (χ3v) is 3.79. The molecule has 4 nitrogen and oxygen atoms in total. The van der Waals surface area contributed by atoms with E-state index < -0.39 is 6.04 Å². The molecule has 3 unspecified atom stereocenters. The monoisotopic (exact) mass is 245 g/mol. The second-order valence-corrected chi connectivity index (χ2v) is 5.02. The molecule has 0 spiro atoms. The average Bonchev–Trinajstić information content (AvgIpc) is 3.14. The minimum absolute atomic E-state index is 0.0951. The SMILES string of the molecule is O=C1C2CC2C(=O)N1C(CO)Cc1ccccc1. The number of hydrogen-bond donors (Lipinski definition) is 1. The lowest BCUT2D eigenvalue weighted by Gasteiger charge is -2.26. The molecule has 0 radical (unpaired) electrons. The number of aliphatic hydroxyl groups is 1. The van der Waals surface area contributed by atoms with E-state index in [0.29, 0.717) is 12.8 Å². The van der Waals surface area contributed by atoms with Gasteiger partial charge in [-0.2, -0.15) is 0 Å². The van der Waals surface area contributed by atoms with Crippen molar-refractivity contribution in [2.45, 2.75) is 18.9 Å². The summed E-state index contributed by atoms with van der Waals surface area (Å²) in [4.78, 5) is 25.2. The molecule has 1 heterocycles. The summed E-state index contributed by atoms with van der Waals surface area (Å²) in [5.74, 6) is -0.385. The van der Waals surface area contributed by atoms with Crippen molar-refractivity contribution in [3.05, 3.63) is 35.9 Å². The summed E-state index contributed by atoms with van der Waals surface area (Å²) in [5, 5.41) is 9.44. The van der Waals surface area contributed by atoms with Gasteiger partial charge in [0.1, 0.15) is 0 Å². The Kier molecular flexibility index (Phi) is 2.67. The Morgan fingerprint density at radius 1 is 1.17 bits per heavy atom. The number of piperidine rings is 1. The number of aliphatic hydroxyl groups excluding tert-OH is 1. The van der Waals surface area contributed by atoms with Crippen LogP contribution in [0.15, 0.2) is 30.3 Å². The quantitative estimate of drug-likeness (QED) is 0.790. The van der Waals surface area contributed by atoms with E-state index in [1.54, 1.807) is 0 Å². The number of imide groups is 1. The number of amides is 2. The Balaban J connectivity index is 1.77. The predicted octanol–water partition coefficient (Wildman–Crippen LogP) is 0.595. The Labute approximate surface area is 105 Å². The molecule has 3 atom stereocenters. The van der Waals surface area contributed by atoms with E-state index >= 15 is 0 Å². The molecular weight excluding hydrogens is 230 g/mol. The molecule has 2 aliphatic rings. The standard InChI is InChI=1S/C14H15NO3/c16-8-10(6-9-4-2-1-3-5-9)15-13(17)11-7-12(11)14(15)18/h1-5,10-12,16H,6-8H2. The van der Waals surface area contributed by atoms with Crippen LogP contribution in [0, 0.1) is 11.8 Å². The van der Waals surface area contributed by atoms with Crippen LogP contribution in [0.1, 0.15) is 12.0 Å².